The third-order valence-corrected chi connectivity index (χ3v) is 3.87. The molecular weight excluding hydrogens is 330 g/mol. The van der Waals surface area contributed by atoms with E-state index in [0.29, 0.717) is 0 Å². The zero-order chi connectivity index (χ0) is 15.2. The van der Waals surface area contributed by atoms with Gasteiger partial charge in [0.1, 0.15) is 11.5 Å². The first-order chi connectivity index (χ1) is 10.1. The van der Waals surface area contributed by atoms with Gasteiger partial charge in [-0.05, 0) is 54.3 Å². The lowest BCUT2D eigenvalue weighted by atomic mass is 9.99. The number of ether oxygens (including phenoxy) is 2. The predicted octanol–water partition coefficient (Wildman–Crippen LogP) is 3.58. The van der Waals surface area contributed by atoms with Crippen LogP contribution >= 0.6 is 15.9 Å². The lowest BCUT2D eigenvalue weighted by Gasteiger charge is -2.15. The van der Waals surface area contributed by atoms with Crippen LogP contribution in [0.1, 0.15) is 11.1 Å². The lowest BCUT2D eigenvalue weighted by Crippen LogP contribution is -2.25. The highest BCUT2D eigenvalue weighted by Crippen LogP contribution is 2.24. The fourth-order valence-corrected chi connectivity index (χ4v) is 2.73. The van der Waals surface area contributed by atoms with Gasteiger partial charge in [0, 0.05) is 10.5 Å². The van der Waals surface area contributed by atoms with Crippen molar-refractivity contribution < 1.29 is 9.47 Å². The van der Waals surface area contributed by atoms with E-state index >= 15 is 0 Å². The number of halogens is 1. The maximum Gasteiger partial charge on any atom is 0.122 e. The van der Waals surface area contributed by atoms with E-state index in [4.69, 9.17) is 15.2 Å². The molecule has 0 spiro atoms. The van der Waals surface area contributed by atoms with Crippen molar-refractivity contribution >= 4 is 15.9 Å². The molecule has 3 nitrogen and oxygen atoms in total. The molecule has 0 radical (unpaired) electrons. The van der Waals surface area contributed by atoms with Gasteiger partial charge in [0.15, 0.2) is 0 Å². The van der Waals surface area contributed by atoms with Crippen LogP contribution < -0.4 is 15.2 Å². The van der Waals surface area contributed by atoms with Crippen LogP contribution in [-0.2, 0) is 12.8 Å². The van der Waals surface area contributed by atoms with Crippen molar-refractivity contribution in [2.24, 2.45) is 5.73 Å². The Kier molecular flexibility index (Phi) is 5.65. The van der Waals surface area contributed by atoms with Gasteiger partial charge >= 0.3 is 0 Å². The average Bonchev–Trinajstić information content (AvgIpc) is 2.48. The molecule has 21 heavy (non-hydrogen) atoms. The Hall–Kier alpha value is -1.52. The van der Waals surface area contributed by atoms with Gasteiger partial charge in [0.05, 0.1) is 14.2 Å². The highest BCUT2D eigenvalue weighted by molar-refractivity contribution is 9.10. The van der Waals surface area contributed by atoms with Crippen LogP contribution in [0.4, 0.5) is 0 Å². The fourth-order valence-electron chi connectivity index (χ4n) is 2.33. The van der Waals surface area contributed by atoms with E-state index in [9.17, 15) is 0 Å². The molecule has 112 valence electrons. The van der Waals surface area contributed by atoms with Gasteiger partial charge in [-0.25, -0.2) is 0 Å². The zero-order valence-electron chi connectivity index (χ0n) is 12.3. The first-order valence-corrected chi connectivity index (χ1v) is 7.62. The lowest BCUT2D eigenvalue weighted by molar-refractivity contribution is 0.407. The second-order valence-electron chi connectivity index (χ2n) is 4.97. The molecule has 0 aliphatic rings. The average molecular weight is 350 g/mol. The third kappa shape index (κ3) is 4.48. The highest BCUT2D eigenvalue weighted by Gasteiger charge is 2.10. The van der Waals surface area contributed by atoms with Crippen LogP contribution in [0, 0.1) is 0 Å². The van der Waals surface area contributed by atoms with E-state index in [-0.39, 0.29) is 6.04 Å². The summed E-state index contributed by atoms with van der Waals surface area (Å²) >= 11 is 3.49. The Balaban J connectivity index is 2.03. The molecule has 2 aromatic rings. The summed E-state index contributed by atoms with van der Waals surface area (Å²) in [6, 6.07) is 14.1. The largest absolute Gasteiger partial charge is 0.497 e. The number of hydrogen-bond donors (Lipinski definition) is 1. The summed E-state index contributed by atoms with van der Waals surface area (Å²) in [6.07, 6.45) is 1.59. The molecule has 1 atom stereocenters. The molecule has 0 bridgehead atoms. The number of methoxy groups -OCH3 is 2. The number of benzene rings is 2. The minimum absolute atomic E-state index is 0.0431. The van der Waals surface area contributed by atoms with E-state index in [1.165, 1.54) is 5.56 Å². The molecule has 0 aromatic heterocycles. The second kappa shape index (κ2) is 7.48. The van der Waals surface area contributed by atoms with E-state index in [0.717, 1.165) is 34.4 Å². The maximum absolute atomic E-state index is 6.28. The highest BCUT2D eigenvalue weighted by atomic mass is 79.9. The van der Waals surface area contributed by atoms with Crippen molar-refractivity contribution in [3.05, 3.63) is 58.1 Å². The molecule has 0 saturated carbocycles. The molecule has 2 N–H and O–H groups in total. The summed E-state index contributed by atoms with van der Waals surface area (Å²) in [6.45, 7) is 0. The van der Waals surface area contributed by atoms with Gasteiger partial charge < -0.3 is 15.2 Å². The van der Waals surface area contributed by atoms with Crippen LogP contribution in [0.15, 0.2) is 46.9 Å². The van der Waals surface area contributed by atoms with Gasteiger partial charge in [-0.1, -0.05) is 28.1 Å². The van der Waals surface area contributed by atoms with Gasteiger partial charge in [-0.15, -0.1) is 0 Å². The quantitative estimate of drug-likeness (QED) is 0.866. The fraction of sp³-hybridized carbons (Fsp3) is 0.294. The normalized spacial score (nSPS) is 12.0. The summed E-state index contributed by atoms with van der Waals surface area (Å²) in [5.41, 5.74) is 8.60. The summed E-state index contributed by atoms with van der Waals surface area (Å²) in [5.74, 6) is 1.74. The Morgan fingerprint density at radius 2 is 1.71 bits per heavy atom. The van der Waals surface area contributed by atoms with Crippen molar-refractivity contribution in [1.82, 2.24) is 0 Å². The van der Waals surface area contributed by atoms with E-state index in [1.807, 2.05) is 24.3 Å². The van der Waals surface area contributed by atoms with Crippen LogP contribution in [0.25, 0.3) is 0 Å². The first kappa shape index (κ1) is 15.9. The topological polar surface area (TPSA) is 44.5 Å². The summed E-state index contributed by atoms with van der Waals surface area (Å²) < 4.78 is 11.6. The summed E-state index contributed by atoms with van der Waals surface area (Å²) in [7, 11) is 3.35. The van der Waals surface area contributed by atoms with Crippen molar-refractivity contribution in [1.29, 1.82) is 0 Å². The van der Waals surface area contributed by atoms with Crippen LogP contribution in [0.2, 0.25) is 0 Å². The minimum Gasteiger partial charge on any atom is -0.497 e. The molecule has 0 aliphatic carbocycles. The molecule has 0 fully saturated rings. The Morgan fingerprint density at radius 1 is 1.00 bits per heavy atom. The monoisotopic (exact) mass is 349 g/mol. The minimum atomic E-state index is 0.0431. The molecule has 0 heterocycles. The molecule has 0 aliphatic heterocycles. The number of nitrogens with two attached hydrogens (primary N) is 1. The van der Waals surface area contributed by atoms with E-state index in [2.05, 4.69) is 34.1 Å². The predicted molar refractivity (Wildman–Crippen MR) is 89.1 cm³/mol. The van der Waals surface area contributed by atoms with Crippen LogP contribution in [0.5, 0.6) is 11.5 Å². The van der Waals surface area contributed by atoms with Gasteiger partial charge in [0.2, 0.25) is 0 Å². The smallest absolute Gasteiger partial charge is 0.122 e. The number of rotatable bonds is 6. The van der Waals surface area contributed by atoms with Crippen molar-refractivity contribution in [3.8, 4) is 11.5 Å². The third-order valence-electron chi connectivity index (χ3n) is 3.38. The molecule has 2 rings (SSSR count). The Labute approximate surface area is 134 Å². The van der Waals surface area contributed by atoms with Crippen molar-refractivity contribution in [2.45, 2.75) is 18.9 Å². The molecule has 0 amide bonds. The Bertz CT molecular complexity index is 584. The molecule has 4 heteroatoms. The summed E-state index contributed by atoms with van der Waals surface area (Å²) in [5, 5.41) is 0. The molecule has 1 unspecified atom stereocenters. The molecule has 0 saturated heterocycles. The second-order valence-corrected chi connectivity index (χ2v) is 5.89. The van der Waals surface area contributed by atoms with Crippen LogP contribution in [0.3, 0.4) is 0 Å². The first-order valence-electron chi connectivity index (χ1n) is 6.83. The number of hydrogen-bond acceptors (Lipinski definition) is 3. The van der Waals surface area contributed by atoms with Gasteiger partial charge in [-0.2, -0.15) is 0 Å². The van der Waals surface area contributed by atoms with Gasteiger partial charge in [-0.3, -0.25) is 0 Å². The SMILES string of the molecule is COc1ccc(CC(N)Cc2cc(Br)ccc2OC)cc1. The molecule has 2 aromatic carbocycles. The zero-order valence-corrected chi connectivity index (χ0v) is 13.9. The van der Waals surface area contributed by atoms with Crippen molar-refractivity contribution in [2.75, 3.05) is 14.2 Å². The van der Waals surface area contributed by atoms with Crippen molar-refractivity contribution in [3.63, 3.8) is 0 Å². The van der Waals surface area contributed by atoms with Gasteiger partial charge in [0.25, 0.3) is 0 Å². The standard InChI is InChI=1S/C17H20BrNO2/c1-20-16-6-3-12(4-7-16)9-15(19)11-13-10-14(18)5-8-17(13)21-2/h3-8,10,15H,9,11,19H2,1-2H3. The van der Waals surface area contributed by atoms with Crippen LogP contribution in [-0.4, -0.2) is 20.3 Å². The Morgan fingerprint density at radius 3 is 2.33 bits per heavy atom. The van der Waals surface area contributed by atoms with E-state index in [1.54, 1.807) is 14.2 Å². The summed E-state index contributed by atoms with van der Waals surface area (Å²) in [4.78, 5) is 0. The molecular formula is C17H20BrNO2. The maximum atomic E-state index is 6.28. The van der Waals surface area contributed by atoms with E-state index < -0.39 is 0 Å².